The summed E-state index contributed by atoms with van der Waals surface area (Å²) in [6.07, 6.45) is 0.428. The van der Waals surface area contributed by atoms with Gasteiger partial charge in [-0.2, -0.15) is 0 Å². The van der Waals surface area contributed by atoms with E-state index in [4.69, 9.17) is 0 Å². The van der Waals surface area contributed by atoms with Gasteiger partial charge in [-0.05, 0) is 23.5 Å². The molecule has 0 fully saturated rings. The van der Waals surface area contributed by atoms with Gasteiger partial charge >= 0.3 is 0 Å². The largest absolute Gasteiger partial charge is 0.392 e. The van der Waals surface area contributed by atoms with Gasteiger partial charge in [0, 0.05) is 13.0 Å². The first-order valence-corrected chi connectivity index (χ1v) is 5.97. The molecule has 0 aliphatic rings. The average molecular weight is 235 g/mol. The molecule has 1 rings (SSSR count). The zero-order chi connectivity index (χ0) is 12.9. The minimum atomic E-state index is -0.265. The minimum absolute atomic E-state index is 0.00893. The number of hydrogen-bond acceptors (Lipinski definition) is 2. The van der Waals surface area contributed by atoms with Crippen LogP contribution in [0.4, 0.5) is 0 Å². The summed E-state index contributed by atoms with van der Waals surface area (Å²) in [6.45, 7) is 6.62. The van der Waals surface area contributed by atoms with Crippen LogP contribution in [0.1, 0.15) is 38.3 Å². The van der Waals surface area contributed by atoms with Crippen LogP contribution in [0.3, 0.4) is 0 Å². The van der Waals surface area contributed by atoms with Crippen molar-refractivity contribution in [2.75, 3.05) is 6.54 Å². The Labute approximate surface area is 103 Å². The lowest BCUT2D eigenvalue weighted by Crippen LogP contribution is -2.31. The number of aliphatic hydroxyl groups excluding tert-OH is 1. The van der Waals surface area contributed by atoms with E-state index < -0.39 is 0 Å². The van der Waals surface area contributed by atoms with Crippen molar-refractivity contribution in [2.45, 2.75) is 39.2 Å². The van der Waals surface area contributed by atoms with E-state index >= 15 is 0 Å². The van der Waals surface area contributed by atoms with Gasteiger partial charge in [0.25, 0.3) is 0 Å². The summed E-state index contributed by atoms with van der Waals surface area (Å²) < 4.78 is 0. The molecule has 0 saturated carbocycles. The lowest BCUT2D eigenvalue weighted by Gasteiger charge is -2.26. The number of carbonyl (C=O) groups excluding carboxylic acids is 1. The van der Waals surface area contributed by atoms with Crippen LogP contribution in [0.5, 0.6) is 0 Å². The molecule has 3 nitrogen and oxygen atoms in total. The molecule has 0 saturated heterocycles. The Kier molecular flexibility index (Phi) is 4.70. The number of aliphatic hydroxyl groups is 1. The van der Waals surface area contributed by atoms with Crippen molar-refractivity contribution in [2.24, 2.45) is 0 Å². The van der Waals surface area contributed by atoms with Gasteiger partial charge in [0.2, 0.25) is 5.91 Å². The second kappa shape index (κ2) is 5.82. The van der Waals surface area contributed by atoms with E-state index in [1.165, 1.54) is 0 Å². The van der Waals surface area contributed by atoms with E-state index in [9.17, 15) is 9.90 Å². The van der Waals surface area contributed by atoms with Gasteiger partial charge in [-0.25, -0.2) is 0 Å². The number of carbonyl (C=O) groups is 1. The first kappa shape index (κ1) is 13.7. The quantitative estimate of drug-likeness (QED) is 0.820. The molecular formula is C14H21NO2. The third-order valence-corrected chi connectivity index (χ3v) is 2.89. The van der Waals surface area contributed by atoms with Gasteiger partial charge in [-0.3, -0.25) is 4.79 Å². The maximum Gasteiger partial charge on any atom is 0.220 e. The van der Waals surface area contributed by atoms with Crippen molar-refractivity contribution in [3.05, 3.63) is 35.4 Å². The molecule has 0 aromatic heterocycles. The van der Waals surface area contributed by atoms with Crippen molar-refractivity contribution in [3.8, 4) is 0 Å². The number of rotatable bonds is 5. The van der Waals surface area contributed by atoms with Gasteiger partial charge in [0.05, 0.1) is 6.61 Å². The standard InChI is InChI=1S/C14H21NO2/c1-4-15-13(17)9-14(2,3)12-8-6-5-7-11(12)10-16/h5-8,16H,4,9-10H2,1-3H3,(H,15,17). The molecule has 0 aliphatic carbocycles. The lowest BCUT2D eigenvalue weighted by molar-refractivity contribution is -0.122. The zero-order valence-corrected chi connectivity index (χ0v) is 10.8. The van der Waals surface area contributed by atoms with Crippen LogP contribution in [0.25, 0.3) is 0 Å². The third-order valence-electron chi connectivity index (χ3n) is 2.89. The van der Waals surface area contributed by atoms with Crippen LogP contribution in [0.15, 0.2) is 24.3 Å². The number of amides is 1. The second-order valence-electron chi connectivity index (χ2n) is 4.83. The smallest absolute Gasteiger partial charge is 0.220 e. The van der Waals surface area contributed by atoms with E-state index in [1.807, 2.05) is 45.0 Å². The van der Waals surface area contributed by atoms with E-state index in [0.717, 1.165) is 11.1 Å². The second-order valence-corrected chi connectivity index (χ2v) is 4.83. The van der Waals surface area contributed by atoms with Crippen LogP contribution in [0, 0.1) is 0 Å². The molecule has 3 heteroatoms. The Morgan fingerprint density at radius 2 is 2.00 bits per heavy atom. The maximum atomic E-state index is 11.7. The summed E-state index contributed by atoms with van der Waals surface area (Å²) in [4.78, 5) is 11.7. The van der Waals surface area contributed by atoms with Crippen molar-refractivity contribution >= 4 is 5.91 Å². The summed E-state index contributed by atoms with van der Waals surface area (Å²) in [6, 6.07) is 7.71. The Balaban J connectivity index is 2.92. The Bertz CT molecular complexity index is 386. The van der Waals surface area contributed by atoms with Crippen LogP contribution in [0.2, 0.25) is 0 Å². The molecule has 94 valence electrons. The number of benzene rings is 1. The van der Waals surface area contributed by atoms with Crippen LogP contribution in [-0.4, -0.2) is 17.6 Å². The monoisotopic (exact) mass is 235 g/mol. The van der Waals surface area contributed by atoms with Crippen molar-refractivity contribution in [1.29, 1.82) is 0 Å². The minimum Gasteiger partial charge on any atom is -0.392 e. The van der Waals surface area contributed by atoms with E-state index in [1.54, 1.807) is 0 Å². The van der Waals surface area contributed by atoms with Crippen molar-refractivity contribution in [1.82, 2.24) is 5.32 Å². The predicted octanol–water partition coefficient (Wildman–Crippen LogP) is 1.98. The molecule has 0 heterocycles. The highest BCUT2D eigenvalue weighted by Gasteiger charge is 2.25. The summed E-state index contributed by atoms with van der Waals surface area (Å²) in [5.74, 6) is 0.0465. The Hall–Kier alpha value is -1.35. The van der Waals surface area contributed by atoms with Crippen LogP contribution in [-0.2, 0) is 16.8 Å². The number of hydrogen-bond donors (Lipinski definition) is 2. The Morgan fingerprint density at radius 1 is 1.35 bits per heavy atom. The molecule has 0 bridgehead atoms. The Morgan fingerprint density at radius 3 is 2.59 bits per heavy atom. The summed E-state index contributed by atoms with van der Waals surface area (Å²) >= 11 is 0. The van der Waals surface area contributed by atoms with Gasteiger partial charge in [0.15, 0.2) is 0 Å². The molecule has 0 unspecified atom stereocenters. The first-order chi connectivity index (χ1) is 8.01. The highest BCUT2D eigenvalue weighted by molar-refractivity contribution is 5.77. The van der Waals surface area contributed by atoms with E-state index in [-0.39, 0.29) is 17.9 Å². The molecular weight excluding hydrogens is 214 g/mol. The highest BCUT2D eigenvalue weighted by atomic mass is 16.3. The summed E-state index contributed by atoms with van der Waals surface area (Å²) in [7, 11) is 0. The fourth-order valence-electron chi connectivity index (χ4n) is 2.07. The SMILES string of the molecule is CCNC(=O)CC(C)(C)c1ccccc1CO. The lowest BCUT2D eigenvalue weighted by atomic mass is 9.79. The first-order valence-electron chi connectivity index (χ1n) is 5.97. The molecule has 1 aromatic rings. The van der Waals surface area contributed by atoms with Gasteiger partial charge < -0.3 is 10.4 Å². The van der Waals surface area contributed by atoms with Crippen LogP contribution < -0.4 is 5.32 Å². The molecule has 0 radical (unpaired) electrons. The predicted molar refractivity (Wildman–Crippen MR) is 68.7 cm³/mol. The summed E-state index contributed by atoms with van der Waals surface area (Å²) in [5.41, 5.74) is 1.66. The molecule has 0 aliphatic heterocycles. The van der Waals surface area contributed by atoms with E-state index in [2.05, 4.69) is 5.32 Å². The molecule has 0 spiro atoms. The normalized spacial score (nSPS) is 11.3. The third kappa shape index (κ3) is 3.56. The fraction of sp³-hybridized carbons (Fsp3) is 0.500. The summed E-state index contributed by atoms with van der Waals surface area (Å²) in [5, 5.41) is 12.1. The van der Waals surface area contributed by atoms with Gasteiger partial charge in [0.1, 0.15) is 0 Å². The van der Waals surface area contributed by atoms with Crippen LogP contribution >= 0.6 is 0 Å². The molecule has 1 amide bonds. The van der Waals surface area contributed by atoms with E-state index in [0.29, 0.717) is 13.0 Å². The molecule has 1 aromatic carbocycles. The fourth-order valence-corrected chi connectivity index (χ4v) is 2.07. The molecule has 17 heavy (non-hydrogen) atoms. The maximum absolute atomic E-state index is 11.7. The van der Waals surface area contributed by atoms with Crippen molar-refractivity contribution < 1.29 is 9.90 Å². The highest BCUT2D eigenvalue weighted by Crippen LogP contribution is 2.29. The zero-order valence-electron chi connectivity index (χ0n) is 10.8. The average Bonchev–Trinajstić information content (AvgIpc) is 2.28. The number of nitrogens with one attached hydrogen (secondary N) is 1. The molecule has 0 atom stereocenters. The molecule has 2 N–H and O–H groups in total. The van der Waals surface area contributed by atoms with Gasteiger partial charge in [-0.1, -0.05) is 38.1 Å². The van der Waals surface area contributed by atoms with Gasteiger partial charge in [-0.15, -0.1) is 0 Å². The van der Waals surface area contributed by atoms with Crippen molar-refractivity contribution in [3.63, 3.8) is 0 Å². The topological polar surface area (TPSA) is 49.3 Å².